The van der Waals surface area contributed by atoms with Crippen LogP contribution in [0.2, 0.25) is 0 Å². The summed E-state index contributed by atoms with van der Waals surface area (Å²) in [6.07, 6.45) is 3.53. The molecule has 2 amide bonds. The van der Waals surface area contributed by atoms with Crippen LogP contribution < -0.4 is 5.32 Å². The smallest absolute Gasteiger partial charge is 0.312 e. The molecule has 1 aromatic heterocycles. The maximum absolute atomic E-state index is 14.0. The molecule has 0 radical (unpaired) electrons. The molecule has 11 nitrogen and oxygen atoms in total. The number of hydrogen-bond donors (Lipinski definition) is 2. The van der Waals surface area contributed by atoms with Gasteiger partial charge in [-0.2, -0.15) is 0 Å². The molecular weight excluding hydrogens is 490 g/mol. The number of nitrogens with one attached hydrogen (secondary N) is 1. The van der Waals surface area contributed by atoms with E-state index in [9.17, 15) is 14.4 Å². The van der Waals surface area contributed by atoms with Gasteiger partial charge < -0.3 is 24.8 Å². The molecule has 0 aliphatic carbocycles. The van der Waals surface area contributed by atoms with Gasteiger partial charge in [0.05, 0.1) is 23.6 Å². The lowest BCUT2D eigenvalue weighted by Gasteiger charge is -2.35. The van der Waals surface area contributed by atoms with E-state index in [-0.39, 0.29) is 37.6 Å². The van der Waals surface area contributed by atoms with Crippen LogP contribution >= 0.6 is 0 Å². The monoisotopic (exact) mass is 527 g/mol. The van der Waals surface area contributed by atoms with E-state index in [0.717, 1.165) is 23.9 Å². The van der Waals surface area contributed by atoms with E-state index in [0.29, 0.717) is 25.8 Å². The Bertz CT molecular complexity index is 1220. The van der Waals surface area contributed by atoms with Gasteiger partial charge in [-0.3, -0.25) is 14.4 Å². The Kier molecular flexibility index (Phi) is 7.17. The standard InChI is InChI=1S/C27H37N5O6/c1-4-37-25(36)21-20-24(35)31(13-9-5-6-10-14-33)22(27(20)15-17(2)26(21,3)38-27)23(34)28-16-32-19-12-8-7-11-18(19)29-30-32/h7-8,11-12,17,20-22,33H,4-6,9-10,13-16H2,1-3H3,(H,28,34)/t17?,20-,21-,22?,26+,27?/m0/s1. The van der Waals surface area contributed by atoms with E-state index < -0.39 is 35.0 Å². The molecule has 3 aliphatic heterocycles. The van der Waals surface area contributed by atoms with Crippen molar-refractivity contribution in [1.82, 2.24) is 25.2 Å². The van der Waals surface area contributed by atoms with Gasteiger partial charge in [0.1, 0.15) is 29.7 Å². The highest BCUT2D eigenvalue weighted by Crippen LogP contribution is 2.65. The summed E-state index contributed by atoms with van der Waals surface area (Å²) in [7, 11) is 0. The molecule has 38 heavy (non-hydrogen) atoms. The van der Waals surface area contributed by atoms with Crippen LogP contribution in [0.3, 0.4) is 0 Å². The van der Waals surface area contributed by atoms with Gasteiger partial charge in [-0.25, -0.2) is 4.68 Å². The quantitative estimate of drug-likeness (QED) is 0.333. The molecule has 11 heteroatoms. The molecule has 5 rings (SSSR count). The number of likely N-dealkylation sites (tertiary alicyclic amines) is 1. The second-order valence-electron chi connectivity index (χ2n) is 10.9. The first-order valence-corrected chi connectivity index (χ1v) is 13.6. The van der Waals surface area contributed by atoms with E-state index in [2.05, 4.69) is 15.6 Å². The number of hydrogen-bond acceptors (Lipinski definition) is 8. The largest absolute Gasteiger partial charge is 0.466 e. The van der Waals surface area contributed by atoms with Crippen molar-refractivity contribution in [3.05, 3.63) is 24.3 Å². The molecule has 2 aromatic rings. The average molecular weight is 528 g/mol. The number of rotatable bonds is 11. The fourth-order valence-electron chi connectivity index (χ4n) is 6.90. The van der Waals surface area contributed by atoms with E-state index in [1.165, 1.54) is 0 Å². The average Bonchev–Trinajstić information content (AvgIpc) is 3.56. The number of aromatic nitrogens is 3. The number of aliphatic hydroxyl groups excluding tert-OH is 1. The first kappa shape index (κ1) is 26.6. The number of fused-ring (bicyclic) bond motifs is 2. The summed E-state index contributed by atoms with van der Waals surface area (Å²) in [6.45, 7) is 6.41. The minimum Gasteiger partial charge on any atom is -0.466 e. The number of unbranched alkanes of at least 4 members (excludes halogenated alkanes) is 3. The lowest BCUT2D eigenvalue weighted by Crippen LogP contribution is -2.55. The first-order valence-electron chi connectivity index (χ1n) is 13.6. The van der Waals surface area contributed by atoms with Crippen molar-refractivity contribution in [1.29, 1.82) is 0 Å². The van der Waals surface area contributed by atoms with Crippen LogP contribution in [-0.2, 0) is 30.5 Å². The highest BCUT2D eigenvalue weighted by molar-refractivity contribution is 5.98. The third-order valence-electron chi connectivity index (χ3n) is 8.73. The normalized spacial score (nSPS) is 31.7. The van der Waals surface area contributed by atoms with Crippen molar-refractivity contribution in [2.24, 2.45) is 17.8 Å². The van der Waals surface area contributed by atoms with Crippen LogP contribution in [0.1, 0.15) is 52.9 Å². The molecule has 4 heterocycles. The van der Waals surface area contributed by atoms with Gasteiger partial charge in [0.2, 0.25) is 11.8 Å². The molecule has 3 aliphatic rings. The fourth-order valence-corrected chi connectivity index (χ4v) is 6.90. The number of esters is 1. The lowest BCUT2D eigenvalue weighted by molar-refractivity contribution is -0.161. The van der Waals surface area contributed by atoms with Crippen molar-refractivity contribution in [2.75, 3.05) is 19.8 Å². The summed E-state index contributed by atoms with van der Waals surface area (Å²) in [5, 5.41) is 20.4. The van der Waals surface area contributed by atoms with Crippen molar-refractivity contribution >= 4 is 28.8 Å². The minimum absolute atomic E-state index is 0.0416. The van der Waals surface area contributed by atoms with E-state index in [4.69, 9.17) is 14.6 Å². The topological polar surface area (TPSA) is 136 Å². The Labute approximate surface area is 221 Å². The van der Waals surface area contributed by atoms with Gasteiger partial charge in [-0.05, 0) is 51.2 Å². The number of para-hydroxylation sites is 1. The molecule has 1 aromatic carbocycles. The molecule has 3 fully saturated rings. The predicted molar refractivity (Wildman–Crippen MR) is 136 cm³/mol. The number of carbonyl (C=O) groups excluding carboxylic acids is 3. The Morgan fingerprint density at radius 1 is 1.24 bits per heavy atom. The van der Waals surface area contributed by atoms with Crippen LogP contribution in [0.4, 0.5) is 0 Å². The van der Waals surface area contributed by atoms with Gasteiger partial charge in [-0.15, -0.1) is 5.10 Å². The van der Waals surface area contributed by atoms with Gasteiger partial charge in [0, 0.05) is 13.2 Å². The number of amides is 2. The van der Waals surface area contributed by atoms with Gasteiger partial charge in [-0.1, -0.05) is 37.1 Å². The van der Waals surface area contributed by atoms with Crippen LogP contribution in [0.25, 0.3) is 11.0 Å². The molecule has 3 unspecified atom stereocenters. The van der Waals surface area contributed by atoms with Gasteiger partial charge >= 0.3 is 5.97 Å². The summed E-state index contributed by atoms with van der Waals surface area (Å²) in [6, 6.07) is 6.60. The van der Waals surface area contributed by atoms with Gasteiger partial charge in [0.25, 0.3) is 0 Å². The Morgan fingerprint density at radius 2 is 2.00 bits per heavy atom. The number of nitrogens with zero attached hydrogens (tertiary/aromatic N) is 4. The summed E-state index contributed by atoms with van der Waals surface area (Å²) >= 11 is 0. The van der Waals surface area contributed by atoms with E-state index >= 15 is 0 Å². The molecule has 3 saturated heterocycles. The summed E-state index contributed by atoms with van der Waals surface area (Å²) in [5.74, 6) is -2.60. The van der Waals surface area contributed by atoms with Crippen LogP contribution in [-0.4, -0.2) is 79.8 Å². The highest BCUT2D eigenvalue weighted by Gasteiger charge is 2.80. The summed E-state index contributed by atoms with van der Waals surface area (Å²) in [5.41, 5.74) is -0.491. The zero-order valence-corrected chi connectivity index (χ0v) is 22.3. The SMILES string of the molecule is CCOC(=O)[C@@H]1[C@H]2C(=O)N(CCCCCCO)C(C(=O)NCn3nnc4ccccc43)C23CC(C)[C@@]1(C)O3. The number of ether oxygens (including phenoxy) is 2. The lowest BCUT2D eigenvalue weighted by atomic mass is 9.62. The van der Waals surface area contributed by atoms with E-state index in [1.54, 1.807) is 16.5 Å². The third-order valence-corrected chi connectivity index (χ3v) is 8.73. The maximum Gasteiger partial charge on any atom is 0.312 e. The Hall–Kier alpha value is -3.05. The summed E-state index contributed by atoms with van der Waals surface area (Å²) in [4.78, 5) is 42.7. The number of aliphatic hydroxyl groups is 1. The van der Waals surface area contributed by atoms with Crippen LogP contribution in [0.5, 0.6) is 0 Å². The van der Waals surface area contributed by atoms with Crippen molar-refractivity contribution in [3.8, 4) is 0 Å². The van der Waals surface area contributed by atoms with Gasteiger partial charge in [0.15, 0.2) is 0 Å². The second-order valence-corrected chi connectivity index (χ2v) is 10.9. The van der Waals surface area contributed by atoms with Crippen molar-refractivity contribution in [3.63, 3.8) is 0 Å². The Morgan fingerprint density at radius 3 is 2.76 bits per heavy atom. The highest BCUT2D eigenvalue weighted by atomic mass is 16.6. The predicted octanol–water partition coefficient (Wildman–Crippen LogP) is 1.63. The first-order chi connectivity index (χ1) is 18.3. The third kappa shape index (κ3) is 4.07. The zero-order chi connectivity index (χ0) is 27.1. The molecule has 2 bridgehead atoms. The zero-order valence-electron chi connectivity index (χ0n) is 22.3. The number of benzene rings is 1. The molecule has 206 valence electrons. The summed E-state index contributed by atoms with van der Waals surface area (Å²) < 4.78 is 13.7. The van der Waals surface area contributed by atoms with E-state index in [1.807, 2.05) is 38.1 Å². The molecular formula is C27H37N5O6. The molecule has 1 spiro atoms. The number of carbonyl (C=O) groups is 3. The van der Waals surface area contributed by atoms with Crippen LogP contribution in [0, 0.1) is 17.8 Å². The maximum atomic E-state index is 14.0. The van der Waals surface area contributed by atoms with Crippen molar-refractivity contribution in [2.45, 2.75) is 76.8 Å². The van der Waals surface area contributed by atoms with Crippen LogP contribution in [0.15, 0.2) is 24.3 Å². The minimum atomic E-state index is -1.11. The fraction of sp³-hybridized carbons (Fsp3) is 0.667. The van der Waals surface area contributed by atoms with Crippen molar-refractivity contribution < 1.29 is 29.0 Å². The molecule has 2 N–H and O–H groups in total. The molecule has 6 atom stereocenters. The molecule has 0 saturated carbocycles. The Balaban J connectivity index is 1.44. The second kappa shape index (κ2) is 10.3.